The van der Waals surface area contributed by atoms with Gasteiger partial charge in [0.2, 0.25) is 5.95 Å². The molecule has 0 bridgehead atoms. The number of amides is 1. The van der Waals surface area contributed by atoms with Crippen molar-refractivity contribution in [1.82, 2.24) is 15.3 Å². The van der Waals surface area contributed by atoms with E-state index in [0.717, 1.165) is 6.42 Å². The molecule has 2 rings (SSSR count). The summed E-state index contributed by atoms with van der Waals surface area (Å²) in [4.78, 5) is 31.9. The van der Waals surface area contributed by atoms with E-state index in [0.29, 0.717) is 17.8 Å². The summed E-state index contributed by atoms with van der Waals surface area (Å²) in [5.74, 6) is -0.506. The number of methoxy groups -OCH3 is 1. The third-order valence-corrected chi connectivity index (χ3v) is 3.00. The molecule has 7 nitrogen and oxygen atoms in total. The van der Waals surface area contributed by atoms with E-state index in [9.17, 15) is 9.59 Å². The van der Waals surface area contributed by atoms with Gasteiger partial charge in [-0.15, -0.1) is 0 Å². The minimum absolute atomic E-state index is 0.227. The van der Waals surface area contributed by atoms with E-state index < -0.39 is 5.97 Å². The largest absolute Gasteiger partial charge is 0.465 e. The van der Waals surface area contributed by atoms with E-state index in [-0.39, 0.29) is 17.5 Å². The lowest BCUT2D eigenvalue weighted by molar-refractivity contribution is 0.0601. The number of anilines is 2. The number of nitrogens with one attached hydrogen (secondary N) is 2. The molecule has 0 aliphatic carbocycles. The lowest BCUT2D eigenvalue weighted by Crippen LogP contribution is -2.25. The molecular weight excluding hydrogens is 296 g/mol. The SMILES string of the molecule is CCCNC(=O)c1ccnc(Nc2ccccc2C(=O)OC)n1. The first kappa shape index (κ1) is 16.4. The summed E-state index contributed by atoms with van der Waals surface area (Å²) >= 11 is 0. The van der Waals surface area contributed by atoms with Gasteiger partial charge in [-0.1, -0.05) is 19.1 Å². The van der Waals surface area contributed by atoms with Crippen molar-refractivity contribution in [2.45, 2.75) is 13.3 Å². The van der Waals surface area contributed by atoms with Crippen molar-refractivity contribution >= 4 is 23.5 Å². The van der Waals surface area contributed by atoms with Crippen LogP contribution in [0.15, 0.2) is 36.5 Å². The molecule has 1 aromatic heterocycles. The summed E-state index contributed by atoms with van der Waals surface area (Å²) in [6.45, 7) is 2.55. The van der Waals surface area contributed by atoms with Crippen LogP contribution in [0.1, 0.15) is 34.2 Å². The molecule has 7 heteroatoms. The average molecular weight is 314 g/mol. The Kier molecular flexibility index (Phi) is 5.62. The van der Waals surface area contributed by atoms with Crippen LogP contribution in [0.25, 0.3) is 0 Å². The van der Waals surface area contributed by atoms with Gasteiger partial charge in [0, 0.05) is 12.7 Å². The zero-order valence-corrected chi connectivity index (χ0v) is 13.0. The van der Waals surface area contributed by atoms with Crippen LogP contribution in [0, 0.1) is 0 Å². The Morgan fingerprint density at radius 1 is 1.22 bits per heavy atom. The molecule has 1 heterocycles. The van der Waals surface area contributed by atoms with Crippen molar-refractivity contribution in [1.29, 1.82) is 0 Å². The van der Waals surface area contributed by atoms with E-state index >= 15 is 0 Å². The third-order valence-electron chi connectivity index (χ3n) is 3.00. The van der Waals surface area contributed by atoms with Gasteiger partial charge in [0.15, 0.2) is 0 Å². The second-order valence-electron chi connectivity index (χ2n) is 4.68. The zero-order chi connectivity index (χ0) is 16.7. The van der Waals surface area contributed by atoms with Crippen LogP contribution in [-0.2, 0) is 4.74 Å². The molecular formula is C16H18N4O3. The number of ether oxygens (including phenoxy) is 1. The molecule has 2 aromatic rings. The van der Waals surface area contributed by atoms with Crippen molar-refractivity contribution in [2.75, 3.05) is 19.0 Å². The number of hydrogen-bond donors (Lipinski definition) is 2. The summed E-state index contributed by atoms with van der Waals surface area (Å²) in [5.41, 5.74) is 1.12. The number of para-hydroxylation sites is 1. The lowest BCUT2D eigenvalue weighted by Gasteiger charge is -2.10. The monoisotopic (exact) mass is 314 g/mol. The maximum absolute atomic E-state index is 11.9. The molecule has 0 atom stereocenters. The molecule has 23 heavy (non-hydrogen) atoms. The van der Waals surface area contributed by atoms with Crippen LogP contribution in [0.2, 0.25) is 0 Å². The van der Waals surface area contributed by atoms with Gasteiger partial charge in [0.1, 0.15) is 5.69 Å². The molecule has 0 unspecified atom stereocenters. The van der Waals surface area contributed by atoms with Crippen LogP contribution in [0.3, 0.4) is 0 Å². The summed E-state index contributed by atoms with van der Waals surface area (Å²) in [7, 11) is 1.31. The van der Waals surface area contributed by atoms with Gasteiger partial charge in [0.05, 0.1) is 18.4 Å². The first-order valence-electron chi connectivity index (χ1n) is 7.21. The third kappa shape index (κ3) is 4.26. The minimum Gasteiger partial charge on any atom is -0.465 e. The molecule has 2 N–H and O–H groups in total. The molecule has 0 saturated heterocycles. The Morgan fingerprint density at radius 3 is 2.74 bits per heavy atom. The van der Waals surface area contributed by atoms with Crippen LogP contribution >= 0.6 is 0 Å². The van der Waals surface area contributed by atoms with Gasteiger partial charge in [-0.2, -0.15) is 0 Å². The summed E-state index contributed by atoms with van der Waals surface area (Å²) < 4.78 is 4.74. The Morgan fingerprint density at radius 2 is 2.00 bits per heavy atom. The second kappa shape index (κ2) is 7.88. The predicted octanol–water partition coefficient (Wildman–Crippen LogP) is 2.15. The average Bonchev–Trinajstić information content (AvgIpc) is 2.59. The van der Waals surface area contributed by atoms with Crippen molar-refractivity contribution in [3.8, 4) is 0 Å². The van der Waals surface area contributed by atoms with E-state index in [1.54, 1.807) is 24.3 Å². The van der Waals surface area contributed by atoms with Gasteiger partial charge in [-0.3, -0.25) is 4.79 Å². The molecule has 0 saturated carbocycles. The van der Waals surface area contributed by atoms with Crippen molar-refractivity contribution < 1.29 is 14.3 Å². The van der Waals surface area contributed by atoms with Gasteiger partial charge in [0.25, 0.3) is 5.91 Å². The Hall–Kier alpha value is -2.96. The molecule has 0 spiro atoms. The molecule has 0 aliphatic heterocycles. The van der Waals surface area contributed by atoms with Crippen molar-refractivity contribution in [3.63, 3.8) is 0 Å². The highest BCUT2D eigenvalue weighted by Crippen LogP contribution is 2.19. The predicted molar refractivity (Wildman–Crippen MR) is 85.7 cm³/mol. The van der Waals surface area contributed by atoms with E-state index in [2.05, 4.69) is 20.6 Å². The Bertz CT molecular complexity index is 703. The standard InChI is InChI=1S/C16H18N4O3/c1-3-9-17-14(21)13-8-10-18-16(20-13)19-12-7-5-4-6-11(12)15(22)23-2/h4-8,10H,3,9H2,1-2H3,(H,17,21)(H,18,19,20). The Balaban J connectivity index is 2.21. The van der Waals surface area contributed by atoms with Gasteiger partial charge < -0.3 is 15.4 Å². The fourth-order valence-electron chi connectivity index (χ4n) is 1.88. The molecule has 0 aliphatic rings. The van der Waals surface area contributed by atoms with E-state index in [1.807, 2.05) is 6.92 Å². The number of carbonyl (C=O) groups excluding carboxylic acids is 2. The molecule has 0 fully saturated rings. The summed E-state index contributed by atoms with van der Waals surface area (Å²) in [5, 5.41) is 5.68. The quantitative estimate of drug-likeness (QED) is 0.794. The number of rotatable bonds is 6. The normalized spacial score (nSPS) is 10.0. The lowest BCUT2D eigenvalue weighted by atomic mass is 10.2. The fourth-order valence-corrected chi connectivity index (χ4v) is 1.88. The Labute approximate surface area is 134 Å². The van der Waals surface area contributed by atoms with Gasteiger partial charge >= 0.3 is 5.97 Å². The van der Waals surface area contributed by atoms with Crippen molar-refractivity contribution in [2.24, 2.45) is 0 Å². The van der Waals surface area contributed by atoms with Crippen molar-refractivity contribution in [3.05, 3.63) is 47.8 Å². The smallest absolute Gasteiger partial charge is 0.339 e. The number of nitrogens with zero attached hydrogens (tertiary/aromatic N) is 2. The molecule has 1 amide bonds. The van der Waals surface area contributed by atoms with Crippen LogP contribution in [-0.4, -0.2) is 35.5 Å². The highest BCUT2D eigenvalue weighted by Gasteiger charge is 2.13. The van der Waals surface area contributed by atoms with E-state index in [1.165, 1.54) is 19.4 Å². The van der Waals surface area contributed by atoms with Crippen LogP contribution in [0.4, 0.5) is 11.6 Å². The summed E-state index contributed by atoms with van der Waals surface area (Å²) in [6, 6.07) is 8.37. The number of carbonyl (C=O) groups is 2. The highest BCUT2D eigenvalue weighted by molar-refractivity contribution is 5.96. The van der Waals surface area contributed by atoms with Crippen LogP contribution in [0.5, 0.6) is 0 Å². The first-order chi connectivity index (χ1) is 11.2. The van der Waals surface area contributed by atoms with Gasteiger partial charge in [-0.05, 0) is 24.6 Å². The topological polar surface area (TPSA) is 93.2 Å². The number of hydrogen-bond acceptors (Lipinski definition) is 6. The van der Waals surface area contributed by atoms with Gasteiger partial charge in [-0.25, -0.2) is 14.8 Å². The minimum atomic E-state index is -0.468. The second-order valence-corrected chi connectivity index (χ2v) is 4.68. The van der Waals surface area contributed by atoms with E-state index in [4.69, 9.17) is 4.74 Å². The number of benzene rings is 1. The highest BCUT2D eigenvalue weighted by atomic mass is 16.5. The maximum atomic E-state index is 11.9. The first-order valence-corrected chi connectivity index (χ1v) is 7.21. The van der Waals surface area contributed by atoms with Crippen LogP contribution < -0.4 is 10.6 Å². The zero-order valence-electron chi connectivity index (χ0n) is 13.0. The fraction of sp³-hybridized carbons (Fsp3) is 0.250. The maximum Gasteiger partial charge on any atom is 0.339 e. The number of aromatic nitrogens is 2. The molecule has 120 valence electrons. The number of esters is 1. The summed E-state index contributed by atoms with van der Waals surface area (Å²) in [6.07, 6.45) is 2.32. The molecule has 1 aromatic carbocycles. The molecule has 0 radical (unpaired) electrons.